The van der Waals surface area contributed by atoms with Crippen molar-refractivity contribution in [1.29, 1.82) is 0 Å². The number of rotatable bonds is 4. The molecule has 1 aliphatic heterocycles. The summed E-state index contributed by atoms with van der Waals surface area (Å²) in [5.41, 5.74) is 9.60. The fourth-order valence-corrected chi connectivity index (χ4v) is 0.973. The van der Waals surface area contributed by atoms with Gasteiger partial charge in [-0.3, -0.25) is 19.2 Å². The molecule has 0 bridgehead atoms. The van der Waals surface area contributed by atoms with Crippen LogP contribution in [0.4, 0.5) is 0 Å². The first-order valence-electron chi connectivity index (χ1n) is 7.06. The van der Waals surface area contributed by atoms with Crippen LogP contribution in [0, 0.1) is 0 Å². The lowest BCUT2D eigenvalue weighted by Gasteiger charge is -1.99. The van der Waals surface area contributed by atoms with E-state index in [0.29, 0.717) is 0 Å². The first-order chi connectivity index (χ1) is 11.4. The fraction of sp³-hybridized carbons (Fsp3) is 0.692. The number of hydrogen-bond acceptors (Lipinski definition) is 8. The second-order valence-electron chi connectivity index (χ2n) is 4.71. The summed E-state index contributed by atoms with van der Waals surface area (Å²) in [7, 11) is 0. The van der Waals surface area contributed by atoms with E-state index in [4.69, 9.17) is 31.9 Å². The molecule has 0 aromatic heterocycles. The molecule has 0 spiro atoms. The van der Waals surface area contributed by atoms with Crippen LogP contribution in [0.2, 0.25) is 0 Å². The maximum absolute atomic E-state index is 10.1. The summed E-state index contributed by atoms with van der Waals surface area (Å²) in [4.78, 5) is 38.6. The van der Waals surface area contributed by atoms with Crippen molar-refractivity contribution in [3.8, 4) is 0 Å². The van der Waals surface area contributed by atoms with Crippen molar-refractivity contribution in [3.05, 3.63) is 0 Å². The lowest BCUT2D eigenvalue weighted by Crippen LogP contribution is -2.33. The molecule has 12 heteroatoms. The van der Waals surface area contributed by atoms with Gasteiger partial charge in [-0.15, -0.1) is 0 Å². The second-order valence-corrected chi connectivity index (χ2v) is 5.24. The number of aliphatic carboxylic acids is 3. The molecule has 3 atom stereocenters. The number of nitrogens with one attached hydrogen (secondary N) is 1. The van der Waals surface area contributed by atoms with Gasteiger partial charge in [-0.05, 0) is 37.9 Å². The first kappa shape index (κ1) is 28.0. The smallest absolute Gasteiger partial charge is 0.322 e. The summed E-state index contributed by atoms with van der Waals surface area (Å²) < 4.78 is 0. The molecule has 0 radical (unpaired) electrons. The highest BCUT2D eigenvalue weighted by molar-refractivity contribution is 6.62. The van der Waals surface area contributed by atoms with Gasteiger partial charge in [-0.25, -0.2) is 0 Å². The molecule has 25 heavy (non-hydrogen) atoms. The Labute approximate surface area is 149 Å². The third-order valence-electron chi connectivity index (χ3n) is 2.26. The Hall–Kier alpha value is -1.79. The van der Waals surface area contributed by atoms with E-state index < -0.39 is 36.6 Å². The van der Waals surface area contributed by atoms with Crippen molar-refractivity contribution in [1.82, 2.24) is 5.32 Å². The number of hydrogen-bond donors (Lipinski definition) is 7. The molecule has 0 unspecified atom stereocenters. The Kier molecular flexibility index (Phi) is 19.1. The minimum absolute atomic E-state index is 0.269. The Balaban J connectivity index is -0.000000266. The van der Waals surface area contributed by atoms with Crippen LogP contribution in [-0.4, -0.2) is 74.9 Å². The van der Waals surface area contributed by atoms with Crippen LogP contribution < -0.4 is 16.8 Å². The van der Waals surface area contributed by atoms with Crippen LogP contribution in [0.3, 0.4) is 0 Å². The highest BCUT2D eigenvalue weighted by Gasteiger charge is 2.20. The molecule has 1 fully saturated rings. The van der Waals surface area contributed by atoms with Crippen LogP contribution in [0.5, 0.6) is 0 Å². The molecule has 9 N–H and O–H groups in total. The van der Waals surface area contributed by atoms with Gasteiger partial charge in [0.15, 0.2) is 0 Å². The summed E-state index contributed by atoms with van der Waals surface area (Å²) in [5, 5.41) is 34.6. The molecule has 0 aromatic carbocycles. The average Bonchev–Trinajstić information content (AvgIpc) is 3.01. The second kappa shape index (κ2) is 17.0. The van der Waals surface area contributed by atoms with Gasteiger partial charge < -0.3 is 37.2 Å². The molecule has 1 heterocycles. The maximum atomic E-state index is 10.1. The normalized spacial score (nSPS) is 17.1. The van der Waals surface area contributed by atoms with E-state index in [1.165, 1.54) is 13.8 Å². The van der Waals surface area contributed by atoms with E-state index >= 15 is 0 Å². The average molecular weight is 388 g/mol. The number of carboxylic acid groups (broad SMARTS) is 3. The molecule has 1 rings (SSSR count). The Morgan fingerprint density at radius 3 is 1.64 bits per heavy atom. The highest BCUT2D eigenvalue weighted by Crippen LogP contribution is 2.03. The van der Waals surface area contributed by atoms with Gasteiger partial charge in [0, 0.05) is 6.92 Å². The number of carbonyl (C=O) groups is 4. The summed E-state index contributed by atoms with van der Waals surface area (Å²) in [6, 6.07) is -2.13. The molecule has 0 aliphatic carbocycles. The van der Waals surface area contributed by atoms with E-state index in [9.17, 15) is 19.2 Å². The minimum Gasteiger partial charge on any atom is -0.480 e. The van der Waals surface area contributed by atoms with Crippen LogP contribution >= 0.6 is 11.6 Å². The van der Waals surface area contributed by atoms with Crippen LogP contribution in [0.25, 0.3) is 0 Å². The van der Waals surface area contributed by atoms with Gasteiger partial charge in [0.05, 0.1) is 6.61 Å². The summed E-state index contributed by atoms with van der Waals surface area (Å²) >= 11 is 4.64. The third-order valence-corrected chi connectivity index (χ3v) is 2.26. The molecule has 11 nitrogen and oxygen atoms in total. The highest BCUT2D eigenvalue weighted by atomic mass is 35.5. The molecule has 1 saturated heterocycles. The van der Waals surface area contributed by atoms with Gasteiger partial charge in [0.2, 0.25) is 5.24 Å². The molecule has 1 aliphatic rings. The van der Waals surface area contributed by atoms with E-state index in [-0.39, 0.29) is 11.3 Å². The maximum Gasteiger partial charge on any atom is 0.322 e. The molecule has 0 saturated carbocycles. The Morgan fingerprint density at radius 2 is 1.56 bits per heavy atom. The quantitative estimate of drug-likeness (QED) is 0.273. The first-order valence-corrected chi connectivity index (χ1v) is 7.44. The predicted octanol–water partition coefficient (Wildman–Crippen LogP) is -1.60. The van der Waals surface area contributed by atoms with Gasteiger partial charge >= 0.3 is 17.9 Å². The van der Waals surface area contributed by atoms with Crippen molar-refractivity contribution >= 4 is 34.8 Å². The van der Waals surface area contributed by atoms with Crippen LogP contribution in [-0.2, 0) is 19.2 Å². The largest absolute Gasteiger partial charge is 0.480 e. The number of aliphatic hydroxyl groups excluding tert-OH is 1. The fourth-order valence-electron chi connectivity index (χ4n) is 0.973. The zero-order valence-electron chi connectivity index (χ0n) is 14.0. The monoisotopic (exact) mass is 387 g/mol. The molecular formula is C13H26ClN3O8. The van der Waals surface area contributed by atoms with E-state index in [1.54, 1.807) is 0 Å². The van der Waals surface area contributed by atoms with E-state index in [1.807, 2.05) is 0 Å². The molecule has 148 valence electrons. The molecular weight excluding hydrogens is 362 g/mol. The van der Waals surface area contributed by atoms with Crippen LogP contribution in [0.1, 0.15) is 26.7 Å². The summed E-state index contributed by atoms with van der Waals surface area (Å²) in [6.07, 6.45) is 1.78. The minimum atomic E-state index is -1.18. The topological polar surface area (TPSA) is 213 Å². The van der Waals surface area contributed by atoms with Gasteiger partial charge in [0.1, 0.15) is 18.1 Å². The lowest BCUT2D eigenvalue weighted by molar-refractivity contribution is -0.140. The van der Waals surface area contributed by atoms with Crippen LogP contribution in [0.15, 0.2) is 0 Å². The van der Waals surface area contributed by atoms with E-state index in [2.05, 4.69) is 16.9 Å². The van der Waals surface area contributed by atoms with Gasteiger partial charge in [-0.1, -0.05) is 0 Å². The van der Waals surface area contributed by atoms with Gasteiger partial charge in [0.25, 0.3) is 0 Å². The number of carbonyl (C=O) groups excluding carboxylic acids is 1. The zero-order valence-corrected chi connectivity index (χ0v) is 14.8. The predicted molar refractivity (Wildman–Crippen MR) is 89.2 cm³/mol. The van der Waals surface area contributed by atoms with Crippen molar-refractivity contribution < 1.29 is 39.6 Å². The van der Waals surface area contributed by atoms with Crippen molar-refractivity contribution in [2.24, 2.45) is 11.5 Å². The van der Waals surface area contributed by atoms with Gasteiger partial charge in [-0.2, -0.15) is 0 Å². The number of carboxylic acids is 3. The SMILES string of the molecule is CC(=O)Cl.C[C@H](N)C(=O)O.N[C@@H](CO)C(=O)O.O=C(O)[C@@H]1CCCN1. The number of halogens is 1. The number of aliphatic hydroxyl groups is 1. The Bertz CT molecular complexity index is 410. The van der Waals surface area contributed by atoms with E-state index in [0.717, 1.165) is 19.4 Å². The van der Waals surface area contributed by atoms with Crippen molar-refractivity contribution in [3.63, 3.8) is 0 Å². The molecule has 0 amide bonds. The Morgan fingerprint density at radius 1 is 1.16 bits per heavy atom. The summed E-state index contributed by atoms with van der Waals surface area (Å²) in [6.45, 7) is 3.07. The lowest BCUT2D eigenvalue weighted by atomic mass is 10.2. The standard InChI is InChI=1S/C5H9NO2.C3H7NO3.C3H7NO2.C2H3ClO/c7-5(8)4-2-1-3-6-4;4-2(1-5)3(6)7;1-2(4)3(5)6;1-2(3)4/h4,6H,1-3H2,(H,7,8);2,5H,1,4H2,(H,6,7);2H,4H2,1H3,(H,5,6);1H3/t4-;2*2-;/m000./s1. The third kappa shape index (κ3) is 24.6. The number of nitrogens with two attached hydrogens (primary N) is 2. The van der Waals surface area contributed by atoms with Crippen molar-refractivity contribution in [2.45, 2.75) is 44.8 Å². The zero-order chi connectivity index (χ0) is 20.6. The summed E-state index contributed by atoms with van der Waals surface area (Å²) in [5.74, 6) is -2.86. The molecule has 0 aromatic rings. The van der Waals surface area contributed by atoms with Crippen molar-refractivity contribution in [2.75, 3.05) is 13.2 Å².